The molecule has 2 amide bonds. The van der Waals surface area contributed by atoms with Crippen LogP contribution in [0.25, 0.3) is 0 Å². The number of halogens is 1. The molecule has 1 saturated heterocycles. The summed E-state index contributed by atoms with van der Waals surface area (Å²) >= 11 is 3.40. The molecule has 8 heteroatoms. The number of benzene rings is 1. The normalized spacial score (nSPS) is 20.1. The van der Waals surface area contributed by atoms with Crippen molar-refractivity contribution in [3.8, 4) is 5.75 Å². The standard InChI is InChI=1S/C16H19BrN2O5/c1-9-13(15(20)24-7-6-22-2)14(19-16(21)18-9)10-4-5-12(23-3)11(17)8-10/h4-5,8,13-14H,1,6-7H2,2-3H3,(H2,18,19,21)/t13-,14+/m1/s1. The average molecular weight is 399 g/mol. The number of hydrogen-bond donors (Lipinski definition) is 2. The van der Waals surface area contributed by atoms with Gasteiger partial charge in [-0.15, -0.1) is 0 Å². The minimum atomic E-state index is -0.750. The topological polar surface area (TPSA) is 85.9 Å². The van der Waals surface area contributed by atoms with Crippen LogP contribution in [0.3, 0.4) is 0 Å². The Balaban J connectivity index is 2.28. The molecule has 0 bridgehead atoms. The van der Waals surface area contributed by atoms with Gasteiger partial charge in [-0.2, -0.15) is 0 Å². The summed E-state index contributed by atoms with van der Waals surface area (Å²) in [6, 6.07) is 4.31. The lowest BCUT2D eigenvalue weighted by molar-refractivity contribution is -0.149. The Morgan fingerprint density at radius 2 is 2.08 bits per heavy atom. The quantitative estimate of drug-likeness (QED) is 0.566. The molecule has 0 radical (unpaired) electrons. The third kappa shape index (κ3) is 4.07. The van der Waals surface area contributed by atoms with Gasteiger partial charge in [0.25, 0.3) is 0 Å². The molecule has 2 atom stereocenters. The molecule has 7 nitrogen and oxygen atoms in total. The van der Waals surface area contributed by atoms with Crippen LogP contribution in [-0.2, 0) is 14.3 Å². The van der Waals surface area contributed by atoms with Gasteiger partial charge in [0.15, 0.2) is 0 Å². The number of esters is 1. The van der Waals surface area contributed by atoms with Crippen LogP contribution in [0.2, 0.25) is 0 Å². The molecule has 0 unspecified atom stereocenters. The van der Waals surface area contributed by atoms with Gasteiger partial charge in [-0.05, 0) is 33.6 Å². The van der Waals surface area contributed by atoms with E-state index in [4.69, 9.17) is 14.2 Å². The Labute approximate surface area is 148 Å². The summed E-state index contributed by atoms with van der Waals surface area (Å²) in [6.45, 7) is 4.21. The summed E-state index contributed by atoms with van der Waals surface area (Å²) < 4.78 is 16.0. The Bertz CT molecular complexity index is 649. The molecule has 1 aromatic carbocycles. The maximum Gasteiger partial charge on any atom is 0.319 e. The van der Waals surface area contributed by atoms with E-state index in [1.165, 1.54) is 7.11 Å². The van der Waals surface area contributed by atoms with E-state index in [-0.39, 0.29) is 12.3 Å². The molecule has 1 fully saturated rings. The van der Waals surface area contributed by atoms with Crippen LogP contribution in [-0.4, -0.2) is 39.4 Å². The highest BCUT2D eigenvalue weighted by atomic mass is 79.9. The van der Waals surface area contributed by atoms with Crippen LogP contribution in [0.5, 0.6) is 5.75 Å². The fourth-order valence-corrected chi connectivity index (χ4v) is 2.99. The summed E-state index contributed by atoms with van der Waals surface area (Å²) in [5.74, 6) is -0.585. The van der Waals surface area contributed by atoms with E-state index in [9.17, 15) is 9.59 Å². The molecule has 0 aliphatic carbocycles. The number of amides is 2. The second kappa shape index (κ2) is 8.16. The minimum Gasteiger partial charge on any atom is -0.496 e. The zero-order chi connectivity index (χ0) is 17.7. The SMILES string of the molecule is C=C1NC(=O)N[C@@H](c2ccc(OC)c(Br)c2)[C@@H]1C(=O)OCCOC. The lowest BCUT2D eigenvalue weighted by Gasteiger charge is -2.33. The van der Waals surface area contributed by atoms with Gasteiger partial charge in [-0.1, -0.05) is 12.6 Å². The van der Waals surface area contributed by atoms with Crippen LogP contribution in [0, 0.1) is 5.92 Å². The second-order valence-electron chi connectivity index (χ2n) is 5.13. The number of carbonyl (C=O) groups excluding carboxylic acids is 2. The smallest absolute Gasteiger partial charge is 0.319 e. The van der Waals surface area contributed by atoms with Crippen molar-refractivity contribution in [2.75, 3.05) is 27.4 Å². The maximum atomic E-state index is 12.4. The van der Waals surface area contributed by atoms with Crippen molar-refractivity contribution in [2.24, 2.45) is 5.92 Å². The monoisotopic (exact) mass is 398 g/mol. The zero-order valence-electron chi connectivity index (χ0n) is 13.4. The summed E-state index contributed by atoms with van der Waals surface area (Å²) in [7, 11) is 3.08. The van der Waals surface area contributed by atoms with Gasteiger partial charge < -0.3 is 24.8 Å². The van der Waals surface area contributed by atoms with Crippen molar-refractivity contribution >= 4 is 27.9 Å². The van der Waals surface area contributed by atoms with E-state index in [1.54, 1.807) is 25.3 Å². The van der Waals surface area contributed by atoms with E-state index in [0.717, 1.165) is 5.56 Å². The number of rotatable bonds is 6. The summed E-state index contributed by atoms with van der Waals surface area (Å²) in [6.07, 6.45) is 0. The first kappa shape index (κ1) is 18.3. The predicted molar refractivity (Wildman–Crippen MR) is 90.6 cm³/mol. The second-order valence-corrected chi connectivity index (χ2v) is 5.99. The van der Waals surface area contributed by atoms with Crippen LogP contribution in [0.1, 0.15) is 11.6 Å². The van der Waals surface area contributed by atoms with Crippen LogP contribution in [0.15, 0.2) is 34.9 Å². The van der Waals surface area contributed by atoms with Crippen molar-refractivity contribution in [2.45, 2.75) is 6.04 Å². The van der Waals surface area contributed by atoms with Crippen molar-refractivity contribution in [3.63, 3.8) is 0 Å². The van der Waals surface area contributed by atoms with E-state index < -0.39 is 24.0 Å². The molecule has 0 spiro atoms. The molecule has 0 aromatic heterocycles. The molecule has 1 aliphatic heterocycles. The maximum absolute atomic E-state index is 12.4. The predicted octanol–water partition coefficient (Wildman–Crippen LogP) is 2.13. The highest BCUT2D eigenvalue weighted by molar-refractivity contribution is 9.10. The highest BCUT2D eigenvalue weighted by Crippen LogP contribution is 2.34. The van der Waals surface area contributed by atoms with E-state index in [0.29, 0.717) is 16.8 Å². The third-order valence-electron chi connectivity index (χ3n) is 3.59. The fraction of sp³-hybridized carbons (Fsp3) is 0.375. The van der Waals surface area contributed by atoms with Crippen molar-refractivity contribution in [1.82, 2.24) is 10.6 Å². The van der Waals surface area contributed by atoms with Gasteiger partial charge >= 0.3 is 12.0 Å². The number of hydrogen-bond acceptors (Lipinski definition) is 5. The molecule has 0 saturated carbocycles. The summed E-state index contributed by atoms with van der Waals surface area (Å²) in [5, 5.41) is 5.27. The molecule has 1 heterocycles. The Morgan fingerprint density at radius 3 is 2.71 bits per heavy atom. The lowest BCUT2D eigenvalue weighted by Crippen LogP contribution is -2.51. The van der Waals surface area contributed by atoms with Gasteiger partial charge in [0.1, 0.15) is 18.3 Å². The van der Waals surface area contributed by atoms with E-state index >= 15 is 0 Å². The average Bonchev–Trinajstić information content (AvgIpc) is 2.54. The molecule has 130 valence electrons. The Morgan fingerprint density at radius 1 is 1.33 bits per heavy atom. The number of urea groups is 1. The van der Waals surface area contributed by atoms with Gasteiger partial charge in [0, 0.05) is 12.8 Å². The largest absolute Gasteiger partial charge is 0.496 e. The first-order valence-electron chi connectivity index (χ1n) is 7.23. The number of carbonyl (C=O) groups is 2. The van der Waals surface area contributed by atoms with Gasteiger partial charge in [-0.3, -0.25) is 4.79 Å². The van der Waals surface area contributed by atoms with Gasteiger partial charge in [-0.25, -0.2) is 4.79 Å². The molecule has 1 aliphatic rings. The molecular formula is C16H19BrN2O5. The van der Waals surface area contributed by atoms with E-state index in [1.807, 2.05) is 0 Å². The van der Waals surface area contributed by atoms with Crippen molar-refractivity contribution in [1.29, 1.82) is 0 Å². The summed E-state index contributed by atoms with van der Waals surface area (Å²) in [4.78, 5) is 24.2. The molecule has 24 heavy (non-hydrogen) atoms. The molecule has 2 N–H and O–H groups in total. The Kier molecular flexibility index (Phi) is 6.22. The fourth-order valence-electron chi connectivity index (χ4n) is 2.43. The van der Waals surface area contributed by atoms with Crippen LogP contribution in [0.4, 0.5) is 4.79 Å². The first-order chi connectivity index (χ1) is 11.5. The summed E-state index contributed by atoms with van der Waals surface area (Å²) in [5.41, 5.74) is 1.02. The third-order valence-corrected chi connectivity index (χ3v) is 4.21. The van der Waals surface area contributed by atoms with Crippen LogP contribution < -0.4 is 15.4 Å². The number of ether oxygens (including phenoxy) is 3. The van der Waals surface area contributed by atoms with Crippen LogP contribution >= 0.6 is 15.9 Å². The van der Waals surface area contributed by atoms with Gasteiger partial charge in [0.05, 0.1) is 24.2 Å². The highest BCUT2D eigenvalue weighted by Gasteiger charge is 2.39. The molecule has 2 rings (SSSR count). The zero-order valence-corrected chi connectivity index (χ0v) is 15.0. The number of methoxy groups -OCH3 is 2. The van der Waals surface area contributed by atoms with E-state index in [2.05, 4.69) is 33.1 Å². The Hall–Kier alpha value is -2.06. The van der Waals surface area contributed by atoms with Crippen molar-refractivity contribution in [3.05, 3.63) is 40.5 Å². The molecule has 1 aromatic rings. The lowest BCUT2D eigenvalue weighted by atomic mass is 9.89. The first-order valence-corrected chi connectivity index (χ1v) is 8.02. The van der Waals surface area contributed by atoms with Gasteiger partial charge in [0.2, 0.25) is 0 Å². The minimum absolute atomic E-state index is 0.131. The van der Waals surface area contributed by atoms with Crippen molar-refractivity contribution < 1.29 is 23.8 Å². The molecular weight excluding hydrogens is 380 g/mol. The number of nitrogens with one attached hydrogen (secondary N) is 2.